The number of morpholine rings is 1. The minimum absolute atomic E-state index is 0.110. The van der Waals surface area contributed by atoms with Crippen molar-refractivity contribution in [3.63, 3.8) is 0 Å². The molecule has 1 saturated heterocycles. The molecule has 0 atom stereocenters. The van der Waals surface area contributed by atoms with E-state index >= 15 is 0 Å². The third-order valence-electron chi connectivity index (χ3n) is 5.15. The zero-order chi connectivity index (χ0) is 25.5. The summed E-state index contributed by atoms with van der Waals surface area (Å²) in [4.78, 5) is 12.5. The molecule has 35 heavy (non-hydrogen) atoms. The van der Waals surface area contributed by atoms with Crippen molar-refractivity contribution in [2.24, 2.45) is 0 Å². The maximum Gasteiger partial charge on any atom is 0.243 e. The highest BCUT2D eigenvalue weighted by Gasteiger charge is 2.26. The Bertz CT molecular complexity index is 1210. The third-order valence-corrected chi connectivity index (χ3v) is 8.21. The highest BCUT2D eigenvalue weighted by Crippen LogP contribution is 2.23. The van der Waals surface area contributed by atoms with Crippen molar-refractivity contribution in [2.75, 3.05) is 63.7 Å². The fourth-order valence-electron chi connectivity index (χ4n) is 3.36. The van der Waals surface area contributed by atoms with E-state index in [0.29, 0.717) is 43.5 Å². The molecule has 1 fully saturated rings. The largest absolute Gasteiger partial charge is 0.497 e. The number of benzene rings is 2. The number of hydrogen-bond donors (Lipinski definition) is 1. The molecular formula is C22H29N3O8S2. The third kappa shape index (κ3) is 7.31. The van der Waals surface area contributed by atoms with Gasteiger partial charge in [0, 0.05) is 19.2 Å². The molecule has 0 radical (unpaired) electrons. The zero-order valence-corrected chi connectivity index (χ0v) is 21.2. The fraction of sp³-hybridized carbons (Fsp3) is 0.409. The number of carbonyl (C=O) groups is 1. The molecule has 1 aliphatic rings. The van der Waals surface area contributed by atoms with Crippen LogP contribution in [-0.2, 0) is 29.6 Å². The van der Waals surface area contributed by atoms with Crippen molar-refractivity contribution in [1.29, 1.82) is 0 Å². The Labute approximate surface area is 205 Å². The molecule has 11 nitrogen and oxygen atoms in total. The van der Waals surface area contributed by atoms with E-state index in [0.717, 1.165) is 10.6 Å². The summed E-state index contributed by atoms with van der Waals surface area (Å²) in [7, 11) is -5.83. The molecule has 2 aromatic rings. The number of anilines is 1. The molecule has 0 spiro atoms. The average molecular weight is 528 g/mol. The highest BCUT2D eigenvalue weighted by molar-refractivity contribution is 7.92. The second kappa shape index (κ2) is 11.7. The number of nitrogens with one attached hydrogen (secondary N) is 1. The molecule has 1 N–H and O–H groups in total. The average Bonchev–Trinajstić information content (AvgIpc) is 2.85. The molecule has 0 aromatic heterocycles. The first-order chi connectivity index (χ1) is 16.6. The molecule has 0 bridgehead atoms. The van der Waals surface area contributed by atoms with E-state index in [4.69, 9.17) is 14.2 Å². The molecule has 1 heterocycles. The Morgan fingerprint density at radius 1 is 1.06 bits per heavy atom. The van der Waals surface area contributed by atoms with Crippen LogP contribution in [0.3, 0.4) is 0 Å². The van der Waals surface area contributed by atoms with Crippen molar-refractivity contribution < 1.29 is 35.8 Å². The van der Waals surface area contributed by atoms with Crippen molar-refractivity contribution in [3.05, 3.63) is 48.5 Å². The predicted molar refractivity (Wildman–Crippen MR) is 130 cm³/mol. The fourth-order valence-corrected chi connectivity index (χ4v) is 5.61. The first-order valence-corrected chi connectivity index (χ1v) is 14.1. The summed E-state index contributed by atoms with van der Waals surface area (Å²) in [6.45, 7) is 1.20. The topological polar surface area (TPSA) is 132 Å². The molecule has 0 saturated carbocycles. The lowest BCUT2D eigenvalue weighted by Crippen LogP contribution is -2.41. The van der Waals surface area contributed by atoms with Crippen LogP contribution < -0.4 is 19.1 Å². The van der Waals surface area contributed by atoms with Gasteiger partial charge in [-0.1, -0.05) is 6.07 Å². The van der Waals surface area contributed by atoms with Gasteiger partial charge in [0.05, 0.1) is 43.7 Å². The summed E-state index contributed by atoms with van der Waals surface area (Å²) in [6, 6.07) is 12.4. The van der Waals surface area contributed by atoms with Crippen LogP contribution in [0, 0.1) is 0 Å². The number of amides is 1. The van der Waals surface area contributed by atoms with Crippen LogP contribution in [0.15, 0.2) is 53.4 Å². The summed E-state index contributed by atoms with van der Waals surface area (Å²) in [6.07, 6.45) is 1.02. The summed E-state index contributed by atoms with van der Waals surface area (Å²) in [5.74, 6) is 0.400. The Morgan fingerprint density at radius 3 is 2.37 bits per heavy atom. The normalized spacial score (nSPS) is 14.8. The Hall–Kier alpha value is -2.87. The van der Waals surface area contributed by atoms with E-state index in [9.17, 15) is 21.6 Å². The smallest absolute Gasteiger partial charge is 0.243 e. The van der Waals surface area contributed by atoms with E-state index in [1.807, 2.05) is 0 Å². The van der Waals surface area contributed by atoms with E-state index in [1.165, 1.54) is 29.6 Å². The van der Waals surface area contributed by atoms with Crippen LogP contribution in [0.4, 0.5) is 5.69 Å². The molecule has 192 valence electrons. The van der Waals surface area contributed by atoms with Gasteiger partial charge in [0.2, 0.25) is 26.0 Å². The number of hydrogen-bond acceptors (Lipinski definition) is 8. The van der Waals surface area contributed by atoms with Crippen LogP contribution in [0.25, 0.3) is 0 Å². The van der Waals surface area contributed by atoms with Crippen LogP contribution in [-0.4, -0.2) is 86.4 Å². The van der Waals surface area contributed by atoms with Gasteiger partial charge in [0.25, 0.3) is 0 Å². The van der Waals surface area contributed by atoms with Gasteiger partial charge in [-0.25, -0.2) is 16.8 Å². The lowest BCUT2D eigenvalue weighted by Gasteiger charge is -2.26. The van der Waals surface area contributed by atoms with Crippen LogP contribution >= 0.6 is 0 Å². The zero-order valence-electron chi connectivity index (χ0n) is 19.5. The molecular weight excluding hydrogens is 498 g/mol. The van der Waals surface area contributed by atoms with Crippen molar-refractivity contribution in [1.82, 2.24) is 9.62 Å². The van der Waals surface area contributed by atoms with Gasteiger partial charge in [-0.2, -0.15) is 4.31 Å². The lowest BCUT2D eigenvalue weighted by atomic mass is 10.3. The molecule has 1 amide bonds. The summed E-state index contributed by atoms with van der Waals surface area (Å²) >= 11 is 0. The summed E-state index contributed by atoms with van der Waals surface area (Å²) in [5, 5.41) is 2.62. The monoisotopic (exact) mass is 527 g/mol. The number of methoxy groups -OCH3 is 1. The number of sulfonamides is 2. The second-order valence-corrected chi connectivity index (χ2v) is 11.5. The number of ether oxygens (including phenoxy) is 3. The van der Waals surface area contributed by atoms with Gasteiger partial charge in [-0.15, -0.1) is 0 Å². The minimum Gasteiger partial charge on any atom is -0.497 e. The van der Waals surface area contributed by atoms with Gasteiger partial charge >= 0.3 is 0 Å². The minimum atomic E-state index is -3.71. The number of rotatable bonds is 11. The molecule has 1 aliphatic heterocycles. The van der Waals surface area contributed by atoms with Gasteiger partial charge in [0.1, 0.15) is 24.7 Å². The molecule has 0 unspecified atom stereocenters. The van der Waals surface area contributed by atoms with E-state index in [1.54, 1.807) is 30.3 Å². The Morgan fingerprint density at radius 2 is 1.74 bits per heavy atom. The van der Waals surface area contributed by atoms with Crippen LogP contribution in [0.1, 0.15) is 0 Å². The molecule has 0 aliphatic carbocycles. The first-order valence-electron chi connectivity index (χ1n) is 10.8. The van der Waals surface area contributed by atoms with Gasteiger partial charge in [-0.05, 0) is 36.4 Å². The second-order valence-electron chi connectivity index (χ2n) is 7.66. The maximum atomic E-state index is 12.7. The van der Waals surface area contributed by atoms with E-state index in [-0.39, 0.29) is 18.0 Å². The first kappa shape index (κ1) is 26.7. The van der Waals surface area contributed by atoms with E-state index in [2.05, 4.69) is 5.32 Å². The standard InChI is InChI=1S/C22H29N3O8S2/c1-31-20-5-3-4-18(16-20)25(34(2,27)28)17-22(26)23-10-13-33-19-6-8-21(9-7-19)35(29,30)24-11-14-32-15-12-24/h3-9,16H,10-15,17H2,1-2H3,(H,23,26). The Kier molecular flexibility index (Phi) is 8.94. The number of carbonyl (C=O) groups excluding carboxylic acids is 1. The molecule has 3 rings (SSSR count). The summed E-state index contributed by atoms with van der Waals surface area (Å²) < 4.78 is 68.0. The number of nitrogens with zero attached hydrogens (tertiary/aromatic N) is 2. The van der Waals surface area contributed by atoms with Crippen molar-refractivity contribution in [2.45, 2.75) is 4.90 Å². The maximum absolute atomic E-state index is 12.7. The van der Waals surface area contributed by atoms with E-state index < -0.39 is 32.5 Å². The van der Waals surface area contributed by atoms with Crippen LogP contribution in [0.5, 0.6) is 11.5 Å². The van der Waals surface area contributed by atoms with Gasteiger partial charge < -0.3 is 19.5 Å². The predicted octanol–water partition coefficient (Wildman–Crippen LogP) is 0.677. The van der Waals surface area contributed by atoms with Crippen LogP contribution in [0.2, 0.25) is 0 Å². The highest BCUT2D eigenvalue weighted by atomic mass is 32.2. The van der Waals surface area contributed by atoms with Gasteiger partial charge in [0.15, 0.2) is 0 Å². The molecule has 13 heteroatoms. The quantitative estimate of drug-likeness (QED) is 0.422. The Balaban J connectivity index is 1.50. The van der Waals surface area contributed by atoms with Crippen molar-refractivity contribution >= 4 is 31.6 Å². The molecule has 2 aromatic carbocycles. The lowest BCUT2D eigenvalue weighted by molar-refractivity contribution is -0.119. The van der Waals surface area contributed by atoms with Crippen molar-refractivity contribution in [3.8, 4) is 11.5 Å². The summed E-state index contributed by atoms with van der Waals surface area (Å²) in [5.41, 5.74) is 0.311. The van der Waals surface area contributed by atoms with Gasteiger partial charge in [-0.3, -0.25) is 9.10 Å². The SMILES string of the molecule is COc1cccc(N(CC(=O)NCCOc2ccc(S(=O)(=O)N3CCOCC3)cc2)S(C)(=O)=O)c1.